The number of hydrogen-bond acceptors (Lipinski definition) is 4. The number of carbonyl (C=O) groups excluding carboxylic acids is 1. The lowest BCUT2D eigenvalue weighted by molar-refractivity contribution is 0.255. The highest BCUT2D eigenvalue weighted by Gasteiger charge is 2.40. The molecule has 0 saturated carbocycles. The maximum absolute atomic E-state index is 13.1. The number of nitrogens with one attached hydrogen (secondary N) is 1. The molecule has 6 nitrogen and oxygen atoms in total. The SMILES string of the molecule is O=C(Nc1ccccc1)N1c2nc(-c3cncc(Cl)c3)ccc2N2CC[C@H]1C2. The van der Waals surface area contributed by atoms with Crippen molar-refractivity contribution in [3.63, 3.8) is 0 Å². The lowest BCUT2D eigenvalue weighted by atomic mass is 10.1. The molecular formula is C21H18ClN5O. The number of amides is 2. The third-order valence-corrected chi connectivity index (χ3v) is 5.40. The van der Waals surface area contributed by atoms with Gasteiger partial charge in [0.15, 0.2) is 5.82 Å². The lowest BCUT2D eigenvalue weighted by Gasteiger charge is -2.36. The van der Waals surface area contributed by atoms with E-state index in [-0.39, 0.29) is 12.1 Å². The standard InChI is InChI=1S/C21H18ClN5O/c22-15-10-14(11-23-12-15)18-6-7-19-20(25-18)27(17-8-9-26(19)13-17)21(28)24-16-4-2-1-3-5-16/h1-7,10-12,17H,8-9,13H2,(H,24,28)/t17-/m0/s1. The average Bonchev–Trinajstić information content (AvgIpc) is 3.13. The van der Waals surface area contributed by atoms with Gasteiger partial charge in [-0.2, -0.15) is 0 Å². The Morgan fingerprint density at radius 3 is 2.82 bits per heavy atom. The Kier molecular flexibility index (Phi) is 4.13. The Labute approximate surface area is 167 Å². The molecule has 1 fully saturated rings. The molecule has 1 saturated heterocycles. The van der Waals surface area contributed by atoms with Gasteiger partial charge in [-0.1, -0.05) is 29.8 Å². The molecule has 1 atom stereocenters. The van der Waals surface area contributed by atoms with Crippen molar-refractivity contribution in [1.29, 1.82) is 0 Å². The van der Waals surface area contributed by atoms with Crippen LogP contribution in [0.3, 0.4) is 0 Å². The van der Waals surface area contributed by atoms with E-state index < -0.39 is 0 Å². The number of carbonyl (C=O) groups is 1. The van der Waals surface area contributed by atoms with Gasteiger partial charge >= 0.3 is 6.03 Å². The van der Waals surface area contributed by atoms with Gasteiger partial charge in [-0.05, 0) is 36.8 Å². The molecule has 0 spiro atoms. The van der Waals surface area contributed by atoms with E-state index in [2.05, 4.69) is 15.2 Å². The van der Waals surface area contributed by atoms with Crippen LogP contribution in [-0.2, 0) is 0 Å². The van der Waals surface area contributed by atoms with E-state index in [0.29, 0.717) is 10.8 Å². The maximum atomic E-state index is 13.1. The van der Waals surface area contributed by atoms with Gasteiger partial charge in [-0.3, -0.25) is 9.88 Å². The highest BCUT2D eigenvalue weighted by atomic mass is 35.5. The highest BCUT2D eigenvalue weighted by Crippen LogP contribution is 2.40. The third-order valence-electron chi connectivity index (χ3n) is 5.20. The van der Waals surface area contributed by atoms with Crippen LogP contribution < -0.4 is 15.1 Å². The molecule has 7 heteroatoms. The van der Waals surface area contributed by atoms with E-state index in [4.69, 9.17) is 16.6 Å². The maximum Gasteiger partial charge on any atom is 0.327 e. The second-order valence-corrected chi connectivity index (χ2v) is 7.42. The topological polar surface area (TPSA) is 61.4 Å². The van der Waals surface area contributed by atoms with Crippen LogP contribution in [0, 0.1) is 0 Å². The Morgan fingerprint density at radius 1 is 1.14 bits per heavy atom. The summed E-state index contributed by atoms with van der Waals surface area (Å²) in [7, 11) is 0. The molecule has 2 amide bonds. The smallest absolute Gasteiger partial charge is 0.327 e. The summed E-state index contributed by atoms with van der Waals surface area (Å²) in [6, 6.07) is 15.3. The molecule has 1 aromatic carbocycles. The number of para-hydroxylation sites is 1. The number of hydrogen-bond donors (Lipinski definition) is 1. The number of pyridine rings is 2. The van der Waals surface area contributed by atoms with E-state index >= 15 is 0 Å². The molecule has 0 unspecified atom stereocenters. The molecule has 5 rings (SSSR count). The van der Waals surface area contributed by atoms with Gasteiger partial charge in [0.05, 0.1) is 22.4 Å². The second-order valence-electron chi connectivity index (χ2n) is 6.99. The molecule has 28 heavy (non-hydrogen) atoms. The first-order chi connectivity index (χ1) is 13.7. The van der Waals surface area contributed by atoms with Crippen molar-refractivity contribution >= 4 is 34.8 Å². The van der Waals surface area contributed by atoms with E-state index in [0.717, 1.165) is 42.1 Å². The van der Waals surface area contributed by atoms with Crippen LogP contribution in [-0.4, -0.2) is 35.1 Å². The zero-order valence-corrected chi connectivity index (χ0v) is 15.8. The lowest BCUT2D eigenvalue weighted by Crippen LogP contribution is -2.48. The number of fused-ring (bicyclic) bond motifs is 4. The van der Waals surface area contributed by atoms with Gasteiger partial charge < -0.3 is 10.2 Å². The number of halogens is 1. The van der Waals surface area contributed by atoms with E-state index in [1.807, 2.05) is 48.5 Å². The first-order valence-electron chi connectivity index (χ1n) is 9.21. The number of rotatable bonds is 2. The molecule has 2 aliphatic rings. The van der Waals surface area contributed by atoms with Gasteiger partial charge in [0.2, 0.25) is 0 Å². The first-order valence-corrected chi connectivity index (χ1v) is 9.59. The third kappa shape index (κ3) is 2.96. The van der Waals surface area contributed by atoms with Crippen LogP contribution in [0.2, 0.25) is 5.02 Å². The minimum Gasteiger partial charge on any atom is -0.366 e. The van der Waals surface area contributed by atoms with Gasteiger partial charge in [0, 0.05) is 36.7 Å². The summed E-state index contributed by atoms with van der Waals surface area (Å²) in [5.74, 6) is 0.680. The zero-order chi connectivity index (χ0) is 19.1. The Hall–Kier alpha value is -3.12. The molecule has 0 aliphatic carbocycles. The van der Waals surface area contributed by atoms with Gasteiger partial charge in [0.25, 0.3) is 0 Å². The molecule has 1 N–H and O–H groups in total. The van der Waals surface area contributed by atoms with Crippen molar-refractivity contribution in [2.45, 2.75) is 12.5 Å². The van der Waals surface area contributed by atoms with Crippen molar-refractivity contribution in [1.82, 2.24) is 9.97 Å². The fourth-order valence-electron chi connectivity index (χ4n) is 3.89. The Bertz CT molecular complexity index is 1040. The summed E-state index contributed by atoms with van der Waals surface area (Å²) < 4.78 is 0. The molecule has 2 aromatic heterocycles. The van der Waals surface area contributed by atoms with Crippen molar-refractivity contribution in [2.75, 3.05) is 28.2 Å². The number of aromatic nitrogens is 2. The normalized spacial score (nSPS) is 17.4. The zero-order valence-electron chi connectivity index (χ0n) is 15.0. The van der Waals surface area contributed by atoms with Gasteiger partial charge in [-0.25, -0.2) is 9.78 Å². The van der Waals surface area contributed by atoms with Gasteiger partial charge in [0.1, 0.15) is 0 Å². The van der Waals surface area contributed by atoms with Crippen molar-refractivity contribution in [2.24, 2.45) is 0 Å². The molecule has 4 heterocycles. The van der Waals surface area contributed by atoms with Crippen LogP contribution in [0.25, 0.3) is 11.3 Å². The molecule has 0 radical (unpaired) electrons. The number of benzene rings is 1. The van der Waals surface area contributed by atoms with Crippen molar-refractivity contribution in [3.8, 4) is 11.3 Å². The molecule has 2 aliphatic heterocycles. The Balaban J connectivity index is 1.54. The summed E-state index contributed by atoms with van der Waals surface area (Å²) in [6.07, 6.45) is 4.24. The van der Waals surface area contributed by atoms with E-state index in [1.54, 1.807) is 17.3 Å². The number of urea groups is 1. The van der Waals surface area contributed by atoms with Crippen LogP contribution >= 0.6 is 11.6 Å². The predicted molar refractivity (Wildman–Crippen MR) is 111 cm³/mol. The predicted octanol–water partition coefficient (Wildman–Crippen LogP) is 4.43. The first kappa shape index (κ1) is 17.0. The van der Waals surface area contributed by atoms with Crippen LogP contribution in [0.15, 0.2) is 60.9 Å². The fraction of sp³-hybridized carbons (Fsp3) is 0.190. The average molecular weight is 392 g/mol. The van der Waals surface area contributed by atoms with Crippen molar-refractivity contribution < 1.29 is 4.79 Å². The van der Waals surface area contributed by atoms with Crippen molar-refractivity contribution in [3.05, 3.63) is 65.9 Å². The number of anilines is 3. The largest absolute Gasteiger partial charge is 0.366 e. The van der Waals surface area contributed by atoms with Gasteiger partial charge in [-0.15, -0.1) is 0 Å². The minimum atomic E-state index is -0.159. The van der Waals surface area contributed by atoms with Crippen LogP contribution in [0.5, 0.6) is 0 Å². The highest BCUT2D eigenvalue weighted by molar-refractivity contribution is 6.30. The van der Waals surface area contributed by atoms with E-state index in [9.17, 15) is 4.79 Å². The minimum absolute atomic E-state index is 0.108. The number of nitrogens with zero attached hydrogens (tertiary/aromatic N) is 4. The fourth-order valence-corrected chi connectivity index (χ4v) is 4.06. The molecular weight excluding hydrogens is 374 g/mol. The quantitative estimate of drug-likeness (QED) is 0.702. The van der Waals surface area contributed by atoms with E-state index in [1.165, 1.54) is 0 Å². The molecule has 3 aromatic rings. The summed E-state index contributed by atoms with van der Waals surface area (Å²) in [5.41, 5.74) is 3.32. The summed E-state index contributed by atoms with van der Waals surface area (Å²) in [5, 5.41) is 3.55. The Morgan fingerprint density at radius 2 is 2.00 bits per heavy atom. The molecule has 140 valence electrons. The monoisotopic (exact) mass is 391 g/mol. The summed E-state index contributed by atoms with van der Waals surface area (Å²) >= 11 is 6.09. The second kappa shape index (κ2) is 6.80. The van der Waals surface area contributed by atoms with Crippen LogP contribution in [0.4, 0.5) is 22.0 Å². The summed E-state index contributed by atoms with van der Waals surface area (Å²) in [6.45, 7) is 1.75. The summed E-state index contributed by atoms with van der Waals surface area (Å²) in [4.78, 5) is 26.2. The van der Waals surface area contributed by atoms with Crippen LogP contribution in [0.1, 0.15) is 6.42 Å². The molecule has 2 bridgehead atoms.